The number of ketones is 1. The van der Waals surface area contributed by atoms with Crippen LogP contribution in [0.3, 0.4) is 0 Å². The van der Waals surface area contributed by atoms with E-state index in [0.717, 1.165) is 17.1 Å². The number of hydrogen-bond acceptors (Lipinski definition) is 3. The van der Waals surface area contributed by atoms with E-state index >= 15 is 0 Å². The molecular weight excluding hydrogens is 228 g/mol. The van der Waals surface area contributed by atoms with Crippen LogP contribution >= 0.6 is 0 Å². The van der Waals surface area contributed by atoms with Gasteiger partial charge in [0.2, 0.25) is 5.78 Å². The molecule has 2 aromatic rings. The molecule has 3 heteroatoms. The van der Waals surface area contributed by atoms with Crippen molar-refractivity contribution in [2.24, 2.45) is 0 Å². The first-order chi connectivity index (χ1) is 8.70. The van der Waals surface area contributed by atoms with Gasteiger partial charge in [0.05, 0.1) is 7.11 Å². The fourth-order valence-corrected chi connectivity index (χ4v) is 1.62. The number of benzene rings is 1. The zero-order valence-electron chi connectivity index (χ0n) is 10.3. The van der Waals surface area contributed by atoms with Crippen LogP contribution in [0.5, 0.6) is 5.75 Å². The van der Waals surface area contributed by atoms with Crippen LogP contribution in [-0.2, 0) is 0 Å². The number of hydrogen-bond donors (Lipinski definition) is 0. The van der Waals surface area contributed by atoms with Gasteiger partial charge >= 0.3 is 0 Å². The Labute approximate surface area is 106 Å². The highest BCUT2D eigenvalue weighted by Crippen LogP contribution is 2.19. The highest BCUT2D eigenvalue weighted by molar-refractivity contribution is 6.05. The second-order valence-electron chi connectivity index (χ2n) is 3.85. The smallest absolute Gasteiger partial charge is 0.221 e. The molecule has 0 amide bonds. The van der Waals surface area contributed by atoms with Crippen LogP contribution in [0.15, 0.2) is 46.9 Å². The lowest BCUT2D eigenvalue weighted by Crippen LogP contribution is -1.91. The molecule has 0 aliphatic carbocycles. The number of carbonyl (C=O) groups is 1. The average molecular weight is 242 g/mol. The van der Waals surface area contributed by atoms with Crippen molar-refractivity contribution in [3.63, 3.8) is 0 Å². The molecule has 0 atom stereocenters. The summed E-state index contributed by atoms with van der Waals surface area (Å²) in [6.45, 7) is 1.81. The minimum absolute atomic E-state index is 0.158. The number of aryl methyl sites for hydroxylation is 1. The molecule has 0 aliphatic heterocycles. The highest BCUT2D eigenvalue weighted by Gasteiger charge is 2.06. The van der Waals surface area contributed by atoms with E-state index in [4.69, 9.17) is 9.15 Å². The molecular formula is C15H14O3. The molecule has 0 fully saturated rings. The minimum atomic E-state index is -0.158. The van der Waals surface area contributed by atoms with Crippen LogP contribution < -0.4 is 4.74 Å². The van der Waals surface area contributed by atoms with Gasteiger partial charge in [-0.3, -0.25) is 4.79 Å². The number of para-hydroxylation sites is 1. The molecule has 92 valence electrons. The van der Waals surface area contributed by atoms with Crippen molar-refractivity contribution < 1.29 is 13.9 Å². The van der Waals surface area contributed by atoms with Crippen molar-refractivity contribution in [3.05, 3.63) is 59.6 Å². The molecule has 0 saturated carbocycles. The molecule has 0 bridgehead atoms. The third-order valence-electron chi connectivity index (χ3n) is 2.54. The van der Waals surface area contributed by atoms with Gasteiger partial charge in [-0.1, -0.05) is 18.2 Å². The van der Waals surface area contributed by atoms with E-state index in [-0.39, 0.29) is 5.78 Å². The van der Waals surface area contributed by atoms with Crippen molar-refractivity contribution in [2.75, 3.05) is 7.11 Å². The summed E-state index contributed by atoms with van der Waals surface area (Å²) >= 11 is 0. The van der Waals surface area contributed by atoms with Gasteiger partial charge in [-0.2, -0.15) is 0 Å². The summed E-state index contributed by atoms with van der Waals surface area (Å²) in [5, 5.41) is 0. The molecule has 18 heavy (non-hydrogen) atoms. The Morgan fingerprint density at radius 1 is 1.22 bits per heavy atom. The number of rotatable bonds is 4. The summed E-state index contributed by atoms with van der Waals surface area (Å²) in [5.41, 5.74) is 0.858. The number of carbonyl (C=O) groups excluding carboxylic acids is 1. The van der Waals surface area contributed by atoms with Gasteiger partial charge < -0.3 is 9.15 Å². The first kappa shape index (κ1) is 12.2. The van der Waals surface area contributed by atoms with Crippen molar-refractivity contribution in [3.8, 4) is 5.75 Å². The lowest BCUT2D eigenvalue weighted by Gasteiger charge is -2.02. The highest BCUT2D eigenvalue weighted by atomic mass is 16.5. The molecule has 0 N–H and O–H groups in total. The minimum Gasteiger partial charge on any atom is -0.496 e. The average Bonchev–Trinajstić information content (AvgIpc) is 2.83. The zero-order chi connectivity index (χ0) is 13.0. The molecule has 1 aromatic carbocycles. The largest absolute Gasteiger partial charge is 0.496 e. The monoisotopic (exact) mass is 242 g/mol. The summed E-state index contributed by atoms with van der Waals surface area (Å²) in [6.07, 6.45) is 3.20. The van der Waals surface area contributed by atoms with E-state index in [1.165, 1.54) is 6.08 Å². The lowest BCUT2D eigenvalue weighted by atomic mass is 10.1. The summed E-state index contributed by atoms with van der Waals surface area (Å²) in [7, 11) is 1.60. The maximum atomic E-state index is 11.8. The molecule has 0 radical (unpaired) electrons. The standard InChI is InChI=1S/C15H14O3/c1-11-7-10-15(18-11)13(16)9-8-12-5-3-4-6-14(12)17-2/h3-10H,1-2H3. The van der Waals surface area contributed by atoms with Gasteiger partial charge in [0.15, 0.2) is 5.76 Å². The molecule has 2 rings (SSSR count). The Balaban J connectivity index is 2.18. The summed E-state index contributed by atoms with van der Waals surface area (Å²) in [6, 6.07) is 10.9. The molecule has 1 heterocycles. The van der Waals surface area contributed by atoms with Crippen molar-refractivity contribution >= 4 is 11.9 Å². The molecule has 0 aliphatic rings. The van der Waals surface area contributed by atoms with Crippen LogP contribution in [0, 0.1) is 6.92 Å². The van der Waals surface area contributed by atoms with Gasteiger partial charge in [0, 0.05) is 5.56 Å². The second kappa shape index (κ2) is 5.36. The SMILES string of the molecule is COc1ccccc1C=CC(=O)c1ccc(C)o1. The number of allylic oxidation sites excluding steroid dienone is 1. The van der Waals surface area contributed by atoms with Gasteiger partial charge in [-0.25, -0.2) is 0 Å². The van der Waals surface area contributed by atoms with E-state index in [2.05, 4.69) is 0 Å². The Bertz CT molecular complexity index is 579. The maximum Gasteiger partial charge on any atom is 0.221 e. The first-order valence-corrected chi connectivity index (χ1v) is 5.62. The summed E-state index contributed by atoms with van der Waals surface area (Å²) < 4.78 is 10.5. The Kier molecular flexibility index (Phi) is 3.63. The summed E-state index contributed by atoms with van der Waals surface area (Å²) in [5.74, 6) is 1.65. The van der Waals surface area contributed by atoms with E-state index in [1.54, 1.807) is 32.2 Å². The van der Waals surface area contributed by atoms with Gasteiger partial charge in [-0.05, 0) is 37.3 Å². The van der Waals surface area contributed by atoms with Crippen molar-refractivity contribution in [2.45, 2.75) is 6.92 Å². The molecule has 1 aromatic heterocycles. The van der Waals surface area contributed by atoms with E-state index < -0.39 is 0 Å². The van der Waals surface area contributed by atoms with E-state index in [1.807, 2.05) is 24.3 Å². The third kappa shape index (κ3) is 2.69. The van der Waals surface area contributed by atoms with Crippen molar-refractivity contribution in [1.82, 2.24) is 0 Å². The van der Waals surface area contributed by atoms with Crippen LogP contribution in [0.2, 0.25) is 0 Å². The van der Waals surface area contributed by atoms with Gasteiger partial charge in [0.1, 0.15) is 11.5 Å². The van der Waals surface area contributed by atoms with Gasteiger partial charge in [0.25, 0.3) is 0 Å². The lowest BCUT2D eigenvalue weighted by molar-refractivity contribution is 0.102. The molecule has 0 saturated heterocycles. The topological polar surface area (TPSA) is 39.4 Å². The fraction of sp³-hybridized carbons (Fsp3) is 0.133. The molecule has 0 unspecified atom stereocenters. The molecule has 0 spiro atoms. The van der Waals surface area contributed by atoms with Crippen LogP contribution in [-0.4, -0.2) is 12.9 Å². The van der Waals surface area contributed by atoms with E-state index in [9.17, 15) is 4.79 Å². The quantitative estimate of drug-likeness (QED) is 0.608. The van der Waals surface area contributed by atoms with Gasteiger partial charge in [-0.15, -0.1) is 0 Å². The number of furan rings is 1. The Morgan fingerprint density at radius 2 is 2.00 bits per heavy atom. The zero-order valence-corrected chi connectivity index (χ0v) is 10.3. The normalized spacial score (nSPS) is 10.8. The van der Waals surface area contributed by atoms with Crippen LogP contribution in [0.25, 0.3) is 6.08 Å². The predicted octanol–water partition coefficient (Wildman–Crippen LogP) is 3.49. The van der Waals surface area contributed by atoms with Crippen molar-refractivity contribution in [1.29, 1.82) is 0 Å². The Morgan fingerprint density at radius 3 is 2.67 bits per heavy atom. The third-order valence-corrected chi connectivity index (χ3v) is 2.54. The van der Waals surface area contributed by atoms with E-state index in [0.29, 0.717) is 5.76 Å². The summed E-state index contributed by atoms with van der Waals surface area (Å²) in [4.78, 5) is 11.8. The fourth-order valence-electron chi connectivity index (χ4n) is 1.62. The number of methoxy groups -OCH3 is 1. The number of ether oxygens (including phenoxy) is 1. The Hall–Kier alpha value is -2.29. The molecule has 3 nitrogen and oxygen atoms in total. The van der Waals surface area contributed by atoms with Crippen LogP contribution in [0.4, 0.5) is 0 Å². The second-order valence-corrected chi connectivity index (χ2v) is 3.85. The first-order valence-electron chi connectivity index (χ1n) is 5.62. The van der Waals surface area contributed by atoms with Crippen LogP contribution in [0.1, 0.15) is 21.9 Å². The predicted molar refractivity (Wildman–Crippen MR) is 69.8 cm³/mol. The maximum absolute atomic E-state index is 11.8.